The fourth-order valence-electron chi connectivity index (χ4n) is 3.31. The SMILES string of the molecule is COc1ccc(C2=Nc3ccccc3SC2CC(=O)Nc2ccc(Br)c(C)c2)cc1. The van der Waals surface area contributed by atoms with E-state index in [-0.39, 0.29) is 11.2 Å². The topological polar surface area (TPSA) is 50.7 Å². The van der Waals surface area contributed by atoms with Crippen molar-refractivity contribution in [3.8, 4) is 5.75 Å². The van der Waals surface area contributed by atoms with Gasteiger partial charge in [0.1, 0.15) is 5.75 Å². The molecule has 1 amide bonds. The number of para-hydroxylation sites is 1. The average molecular weight is 481 g/mol. The predicted octanol–water partition coefficient (Wildman–Crippen LogP) is 6.39. The maximum absolute atomic E-state index is 12.9. The van der Waals surface area contributed by atoms with Crippen molar-refractivity contribution in [2.24, 2.45) is 4.99 Å². The molecule has 6 heteroatoms. The summed E-state index contributed by atoms with van der Waals surface area (Å²) in [6.07, 6.45) is 0.332. The lowest BCUT2D eigenvalue weighted by Gasteiger charge is -2.24. The normalized spacial score (nSPS) is 15.2. The quantitative estimate of drug-likeness (QED) is 0.460. The summed E-state index contributed by atoms with van der Waals surface area (Å²) in [4.78, 5) is 18.9. The third-order valence-electron chi connectivity index (χ3n) is 4.88. The number of aliphatic imine (C=N–C) groups is 1. The van der Waals surface area contributed by atoms with Crippen LogP contribution in [0.3, 0.4) is 0 Å². The minimum Gasteiger partial charge on any atom is -0.497 e. The lowest BCUT2D eigenvalue weighted by molar-refractivity contribution is -0.116. The molecule has 0 radical (unpaired) electrons. The minimum atomic E-state index is -0.0789. The number of amides is 1. The Hall–Kier alpha value is -2.57. The molecular formula is C24H21BrN2O2S. The number of methoxy groups -OCH3 is 1. The van der Waals surface area contributed by atoms with Crippen LogP contribution < -0.4 is 10.1 Å². The number of anilines is 1. The molecule has 4 rings (SSSR count). The zero-order valence-electron chi connectivity index (χ0n) is 16.7. The smallest absolute Gasteiger partial charge is 0.225 e. The molecule has 0 aromatic heterocycles. The Balaban J connectivity index is 1.59. The van der Waals surface area contributed by atoms with Crippen LogP contribution in [0, 0.1) is 6.92 Å². The van der Waals surface area contributed by atoms with Crippen LogP contribution in [-0.4, -0.2) is 24.0 Å². The van der Waals surface area contributed by atoms with E-state index in [1.54, 1.807) is 18.9 Å². The molecular weight excluding hydrogens is 460 g/mol. The molecule has 1 N–H and O–H groups in total. The first-order chi connectivity index (χ1) is 14.5. The van der Waals surface area contributed by atoms with Crippen LogP contribution in [0.25, 0.3) is 0 Å². The second kappa shape index (κ2) is 9.06. The molecule has 152 valence electrons. The van der Waals surface area contributed by atoms with Crippen molar-refractivity contribution >= 4 is 50.7 Å². The number of halogens is 1. The number of carbonyl (C=O) groups is 1. The van der Waals surface area contributed by atoms with Gasteiger partial charge in [0.25, 0.3) is 0 Å². The van der Waals surface area contributed by atoms with Crippen molar-refractivity contribution in [2.45, 2.75) is 23.5 Å². The van der Waals surface area contributed by atoms with Crippen LogP contribution in [0.1, 0.15) is 17.5 Å². The third-order valence-corrected chi connectivity index (χ3v) is 7.04. The first kappa shape index (κ1) is 20.7. The van der Waals surface area contributed by atoms with E-state index in [0.717, 1.165) is 43.3 Å². The molecule has 1 atom stereocenters. The molecule has 1 heterocycles. The summed E-state index contributed by atoms with van der Waals surface area (Å²) in [7, 11) is 1.65. The summed E-state index contributed by atoms with van der Waals surface area (Å²) in [5, 5.41) is 2.94. The second-order valence-corrected chi connectivity index (χ2v) is 9.11. The number of fused-ring (bicyclic) bond motifs is 1. The van der Waals surface area contributed by atoms with Gasteiger partial charge in [-0.15, -0.1) is 11.8 Å². The monoisotopic (exact) mass is 480 g/mol. The Morgan fingerprint density at radius 3 is 2.63 bits per heavy atom. The minimum absolute atomic E-state index is 0.0326. The number of nitrogens with zero attached hydrogens (tertiary/aromatic N) is 1. The lowest BCUT2D eigenvalue weighted by Crippen LogP contribution is -2.27. The number of benzene rings is 3. The van der Waals surface area contributed by atoms with Gasteiger partial charge in [0.05, 0.1) is 23.8 Å². The molecule has 30 heavy (non-hydrogen) atoms. The van der Waals surface area contributed by atoms with Crippen LogP contribution in [0.4, 0.5) is 11.4 Å². The highest BCUT2D eigenvalue weighted by Gasteiger charge is 2.27. The van der Waals surface area contributed by atoms with Gasteiger partial charge in [0, 0.05) is 21.5 Å². The largest absolute Gasteiger partial charge is 0.497 e. The van der Waals surface area contributed by atoms with Crippen molar-refractivity contribution in [1.29, 1.82) is 0 Å². The van der Waals surface area contributed by atoms with E-state index in [9.17, 15) is 4.79 Å². The Labute approximate surface area is 188 Å². The van der Waals surface area contributed by atoms with E-state index in [1.165, 1.54) is 0 Å². The van der Waals surface area contributed by atoms with Crippen molar-refractivity contribution < 1.29 is 9.53 Å². The molecule has 1 aliphatic rings. The Kier molecular flexibility index (Phi) is 6.25. The molecule has 0 saturated heterocycles. The van der Waals surface area contributed by atoms with Crippen molar-refractivity contribution in [3.05, 3.63) is 82.3 Å². The number of hydrogen-bond acceptors (Lipinski definition) is 4. The number of ether oxygens (including phenoxy) is 1. The zero-order valence-corrected chi connectivity index (χ0v) is 19.1. The van der Waals surface area contributed by atoms with E-state index in [0.29, 0.717) is 6.42 Å². The molecule has 1 unspecified atom stereocenters. The number of hydrogen-bond donors (Lipinski definition) is 1. The number of rotatable bonds is 5. The first-order valence-corrected chi connectivity index (χ1v) is 11.3. The summed E-state index contributed by atoms with van der Waals surface area (Å²) in [5.41, 5.74) is 4.71. The molecule has 0 bridgehead atoms. The molecule has 0 aliphatic carbocycles. The van der Waals surface area contributed by atoms with Gasteiger partial charge >= 0.3 is 0 Å². The Bertz CT molecular complexity index is 1110. The summed E-state index contributed by atoms with van der Waals surface area (Å²) < 4.78 is 6.30. The predicted molar refractivity (Wildman–Crippen MR) is 127 cm³/mol. The maximum atomic E-state index is 12.9. The van der Waals surface area contributed by atoms with Gasteiger partial charge in [-0.3, -0.25) is 9.79 Å². The van der Waals surface area contributed by atoms with Gasteiger partial charge in [-0.25, -0.2) is 0 Å². The first-order valence-electron chi connectivity index (χ1n) is 9.58. The standard InChI is InChI=1S/C24H21BrN2O2S/c1-15-13-17(9-12-19(15)25)26-23(28)14-22-24(16-7-10-18(29-2)11-8-16)27-20-5-3-4-6-21(20)30-22/h3-13,22H,14H2,1-2H3,(H,26,28). The molecule has 0 saturated carbocycles. The summed E-state index contributed by atoms with van der Waals surface area (Å²) in [5.74, 6) is 0.762. The highest BCUT2D eigenvalue weighted by Crippen LogP contribution is 2.40. The van der Waals surface area contributed by atoms with Crippen molar-refractivity contribution in [3.63, 3.8) is 0 Å². The van der Waals surface area contributed by atoms with Crippen LogP contribution in [0.2, 0.25) is 0 Å². The molecule has 3 aromatic carbocycles. The fraction of sp³-hybridized carbons (Fsp3) is 0.167. The maximum Gasteiger partial charge on any atom is 0.225 e. The van der Waals surface area contributed by atoms with Gasteiger partial charge < -0.3 is 10.1 Å². The highest BCUT2D eigenvalue weighted by molar-refractivity contribution is 9.10. The molecule has 0 spiro atoms. The number of carbonyl (C=O) groups excluding carboxylic acids is 1. The Morgan fingerprint density at radius 2 is 1.90 bits per heavy atom. The van der Waals surface area contributed by atoms with Crippen molar-refractivity contribution in [1.82, 2.24) is 0 Å². The Morgan fingerprint density at radius 1 is 1.13 bits per heavy atom. The van der Waals surface area contributed by atoms with Gasteiger partial charge in [-0.05, 0) is 72.6 Å². The van der Waals surface area contributed by atoms with Crippen LogP contribution in [-0.2, 0) is 4.79 Å². The summed E-state index contributed by atoms with van der Waals surface area (Å²) >= 11 is 5.18. The third kappa shape index (κ3) is 4.60. The van der Waals surface area contributed by atoms with Crippen molar-refractivity contribution in [2.75, 3.05) is 12.4 Å². The second-order valence-electron chi connectivity index (χ2n) is 7.02. The van der Waals surface area contributed by atoms with Gasteiger partial charge in [-0.2, -0.15) is 0 Å². The fourth-order valence-corrected chi connectivity index (χ4v) is 4.79. The van der Waals surface area contributed by atoms with Gasteiger partial charge in [0.15, 0.2) is 0 Å². The molecule has 0 fully saturated rings. The van der Waals surface area contributed by atoms with E-state index < -0.39 is 0 Å². The lowest BCUT2D eigenvalue weighted by atomic mass is 10.0. The number of nitrogens with one attached hydrogen (secondary N) is 1. The van der Waals surface area contributed by atoms with Crippen LogP contribution in [0.5, 0.6) is 5.75 Å². The van der Waals surface area contributed by atoms with E-state index in [2.05, 4.69) is 27.3 Å². The summed E-state index contributed by atoms with van der Waals surface area (Å²) in [6.45, 7) is 2.00. The molecule has 1 aliphatic heterocycles. The number of aryl methyl sites for hydroxylation is 1. The zero-order chi connectivity index (χ0) is 21.1. The highest BCUT2D eigenvalue weighted by atomic mass is 79.9. The van der Waals surface area contributed by atoms with Crippen LogP contribution in [0.15, 0.2) is 81.1 Å². The molecule has 4 nitrogen and oxygen atoms in total. The average Bonchev–Trinajstić information content (AvgIpc) is 2.76. The number of thioether (sulfide) groups is 1. The van der Waals surface area contributed by atoms with E-state index in [4.69, 9.17) is 9.73 Å². The summed E-state index contributed by atoms with van der Waals surface area (Å²) in [6, 6.07) is 21.7. The van der Waals surface area contributed by atoms with Gasteiger partial charge in [0.2, 0.25) is 5.91 Å². The van der Waals surface area contributed by atoms with E-state index in [1.807, 2.05) is 67.6 Å². The van der Waals surface area contributed by atoms with Crippen LogP contribution >= 0.6 is 27.7 Å². The molecule has 3 aromatic rings. The van der Waals surface area contributed by atoms with E-state index >= 15 is 0 Å². The van der Waals surface area contributed by atoms with Gasteiger partial charge in [-0.1, -0.05) is 28.1 Å².